The summed E-state index contributed by atoms with van der Waals surface area (Å²) in [5, 5.41) is 9.16. The van der Waals surface area contributed by atoms with Gasteiger partial charge in [-0.15, -0.1) is 0 Å². The highest BCUT2D eigenvalue weighted by Crippen LogP contribution is 2.19. The molecule has 18 heavy (non-hydrogen) atoms. The third kappa shape index (κ3) is 2.51. The Kier molecular flexibility index (Phi) is 3.61. The molecule has 1 aliphatic rings. The van der Waals surface area contributed by atoms with Crippen molar-refractivity contribution in [1.29, 1.82) is 0 Å². The first-order chi connectivity index (χ1) is 8.61. The number of carbonyl (C=O) groups is 1. The summed E-state index contributed by atoms with van der Waals surface area (Å²) in [5.74, 6) is -0.158. The van der Waals surface area contributed by atoms with Crippen LogP contribution in [0.25, 0.3) is 0 Å². The fourth-order valence-corrected chi connectivity index (χ4v) is 1.81. The van der Waals surface area contributed by atoms with Crippen LogP contribution in [0.5, 0.6) is 5.88 Å². The number of anilines is 1. The van der Waals surface area contributed by atoms with E-state index in [0.717, 1.165) is 5.69 Å². The Morgan fingerprint density at radius 3 is 3.06 bits per heavy atom. The quantitative estimate of drug-likeness (QED) is 0.816. The minimum absolute atomic E-state index is 0.134. The SMILES string of the molecule is COc1cc(C)nc(N2CCOCC2C(=O)O)n1. The highest BCUT2D eigenvalue weighted by Gasteiger charge is 2.31. The molecular formula is C11H15N3O4. The molecule has 7 nitrogen and oxygen atoms in total. The lowest BCUT2D eigenvalue weighted by Gasteiger charge is -2.32. The van der Waals surface area contributed by atoms with E-state index in [1.165, 1.54) is 7.11 Å². The van der Waals surface area contributed by atoms with Crippen LogP contribution >= 0.6 is 0 Å². The summed E-state index contributed by atoms with van der Waals surface area (Å²) in [6, 6.07) is 0.935. The van der Waals surface area contributed by atoms with Gasteiger partial charge in [0.05, 0.1) is 20.3 Å². The Bertz CT molecular complexity index is 452. The lowest BCUT2D eigenvalue weighted by Crippen LogP contribution is -2.50. The van der Waals surface area contributed by atoms with Gasteiger partial charge in [-0.3, -0.25) is 0 Å². The molecule has 7 heteroatoms. The van der Waals surface area contributed by atoms with Crippen molar-refractivity contribution in [3.8, 4) is 5.88 Å². The number of morpholine rings is 1. The normalized spacial score (nSPS) is 19.7. The first-order valence-electron chi connectivity index (χ1n) is 5.58. The Labute approximate surface area is 104 Å². The van der Waals surface area contributed by atoms with Crippen molar-refractivity contribution in [3.63, 3.8) is 0 Å². The van der Waals surface area contributed by atoms with E-state index in [1.807, 2.05) is 6.92 Å². The van der Waals surface area contributed by atoms with E-state index in [0.29, 0.717) is 25.0 Å². The summed E-state index contributed by atoms with van der Waals surface area (Å²) < 4.78 is 10.2. The Morgan fingerprint density at radius 1 is 1.61 bits per heavy atom. The molecule has 1 N–H and O–H groups in total. The van der Waals surface area contributed by atoms with Gasteiger partial charge in [0.1, 0.15) is 0 Å². The average molecular weight is 253 g/mol. The summed E-state index contributed by atoms with van der Waals surface area (Å²) in [7, 11) is 1.51. The fourth-order valence-electron chi connectivity index (χ4n) is 1.81. The van der Waals surface area contributed by atoms with E-state index in [-0.39, 0.29) is 6.61 Å². The van der Waals surface area contributed by atoms with Crippen molar-refractivity contribution in [2.45, 2.75) is 13.0 Å². The number of aryl methyl sites for hydroxylation is 1. The summed E-state index contributed by atoms with van der Waals surface area (Å²) in [6.45, 7) is 2.85. The largest absolute Gasteiger partial charge is 0.481 e. The molecule has 0 aliphatic carbocycles. The standard InChI is InChI=1S/C11H15N3O4/c1-7-5-9(17-2)13-11(12-7)14-3-4-18-6-8(14)10(15)16/h5,8H,3-4,6H2,1-2H3,(H,15,16). The smallest absolute Gasteiger partial charge is 0.328 e. The van der Waals surface area contributed by atoms with Crippen LogP contribution in [-0.2, 0) is 9.53 Å². The average Bonchev–Trinajstić information content (AvgIpc) is 2.38. The minimum atomic E-state index is -0.946. The Morgan fingerprint density at radius 2 is 2.39 bits per heavy atom. The van der Waals surface area contributed by atoms with Crippen LogP contribution < -0.4 is 9.64 Å². The molecule has 1 fully saturated rings. The molecule has 0 radical (unpaired) electrons. The van der Waals surface area contributed by atoms with Crippen LogP contribution in [0.4, 0.5) is 5.95 Å². The van der Waals surface area contributed by atoms with Crippen LogP contribution in [0.15, 0.2) is 6.07 Å². The molecule has 0 saturated carbocycles. The molecule has 2 rings (SSSR count). The number of hydrogen-bond donors (Lipinski definition) is 1. The number of methoxy groups -OCH3 is 1. The van der Waals surface area contributed by atoms with Crippen LogP contribution in [0.2, 0.25) is 0 Å². The van der Waals surface area contributed by atoms with Crippen molar-refractivity contribution in [2.75, 3.05) is 31.8 Å². The van der Waals surface area contributed by atoms with Crippen LogP contribution in [-0.4, -0.2) is 54.0 Å². The number of aliphatic carboxylic acids is 1. The van der Waals surface area contributed by atoms with Gasteiger partial charge in [-0.25, -0.2) is 9.78 Å². The first kappa shape index (κ1) is 12.6. The first-order valence-corrected chi connectivity index (χ1v) is 5.58. The number of carboxylic acids is 1. The van der Waals surface area contributed by atoms with Crippen molar-refractivity contribution in [3.05, 3.63) is 11.8 Å². The molecule has 98 valence electrons. The Balaban J connectivity index is 2.33. The van der Waals surface area contributed by atoms with Gasteiger partial charge in [0, 0.05) is 18.3 Å². The molecule has 1 aliphatic heterocycles. The topological polar surface area (TPSA) is 84.8 Å². The van der Waals surface area contributed by atoms with E-state index in [4.69, 9.17) is 14.6 Å². The van der Waals surface area contributed by atoms with E-state index in [2.05, 4.69) is 9.97 Å². The number of rotatable bonds is 3. The van der Waals surface area contributed by atoms with Gasteiger partial charge in [0.25, 0.3) is 0 Å². The maximum Gasteiger partial charge on any atom is 0.328 e. The molecule has 1 aromatic heterocycles. The summed E-state index contributed by atoms with van der Waals surface area (Å²) in [5.41, 5.74) is 0.729. The number of hydrogen-bond acceptors (Lipinski definition) is 6. The van der Waals surface area contributed by atoms with E-state index in [1.54, 1.807) is 11.0 Å². The van der Waals surface area contributed by atoms with Crippen LogP contribution in [0.1, 0.15) is 5.69 Å². The molecule has 1 saturated heterocycles. The predicted molar refractivity (Wildman–Crippen MR) is 62.9 cm³/mol. The monoisotopic (exact) mass is 253 g/mol. The van der Waals surface area contributed by atoms with Gasteiger partial charge < -0.3 is 19.5 Å². The zero-order valence-electron chi connectivity index (χ0n) is 10.3. The van der Waals surface area contributed by atoms with Crippen molar-refractivity contribution < 1.29 is 19.4 Å². The van der Waals surface area contributed by atoms with Gasteiger partial charge >= 0.3 is 5.97 Å². The van der Waals surface area contributed by atoms with Gasteiger partial charge in [-0.05, 0) is 6.92 Å². The molecule has 1 unspecified atom stereocenters. The minimum Gasteiger partial charge on any atom is -0.481 e. The summed E-state index contributed by atoms with van der Waals surface area (Å²) in [4.78, 5) is 21.2. The Hall–Kier alpha value is -1.89. The third-order valence-corrected chi connectivity index (χ3v) is 2.70. The number of ether oxygens (including phenoxy) is 2. The van der Waals surface area contributed by atoms with E-state index >= 15 is 0 Å². The fraction of sp³-hybridized carbons (Fsp3) is 0.545. The van der Waals surface area contributed by atoms with E-state index < -0.39 is 12.0 Å². The van der Waals surface area contributed by atoms with Crippen LogP contribution in [0, 0.1) is 6.92 Å². The number of nitrogens with zero attached hydrogens (tertiary/aromatic N) is 3. The molecule has 0 spiro atoms. The number of aromatic nitrogens is 2. The maximum absolute atomic E-state index is 11.2. The predicted octanol–water partition coefficient (Wildman–Crippen LogP) is 0.0834. The zero-order valence-corrected chi connectivity index (χ0v) is 10.3. The summed E-state index contributed by atoms with van der Waals surface area (Å²) >= 11 is 0. The van der Waals surface area contributed by atoms with Crippen molar-refractivity contribution in [1.82, 2.24) is 9.97 Å². The third-order valence-electron chi connectivity index (χ3n) is 2.70. The van der Waals surface area contributed by atoms with Crippen molar-refractivity contribution >= 4 is 11.9 Å². The lowest BCUT2D eigenvalue weighted by molar-refractivity contribution is -0.141. The van der Waals surface area contributed by atoms with Gasteiger partial charge in [0.2, 0.25) is 11.8 Å². The van der Waals surface area contributed by atoms with E-state index in [9.17, 15) is 4.79 Å². The van der Waals surface area contributed by atoms with Gasteiger partial charge in [-0.1, -0.05) is 0 Å². The van der Waals surface area contributed by atoms with Crippen molar-refractivity contribution in [2.24, 2.45) is 0 Å². The highest BCUT2D eigenvalue weighted by molar-refractivity contribution is 5.77. The molecule has 0 bridgehead atoms. The molecular weight excluding hydrogens is 238 g/mol. The maximum atomic E-state index is 11.2. The van der Waals surface area contributed by atoms with Gasteiger partial charge in [0.15, 0.2) is 6.04 Å². The summed E-state index contributed by atoms with van der Waals surface area (Å²) in [6.07, 6.45) is 0. The zero-order chi connectivity index (χ0) is 13.1. The molecule has 1 atom stereocenters. The lowest BCUT2D eigenvalue weighted by atomic mass is 10.2. The molecule has 2 heterocycles. The second-order valence-corrected chi connectivity index (χ2v) is 3.97. The number of carboxylic acid groups (broad SMARTS) is 1. The highest BCUT2D eigenvalue weighted by atomic mass is 16.5. The van der Waals surface area contributed by atoms with Gasteiger partial charge in [-0.2, -0.15) is 4.98 Å². The van der Waals surface area contributed by atoms with Crippen LogP contribution in [0.3, 0.4) is 0 Å². The molecule has 1 aromatic rings. The molecule has 0 aromatic carbocycles. The second-order valence-electron chi connectivity index (χ2n) is 3.97. The second kappa shape index (κ2) is 5.18. The molecule has 0 amide bonds.